The molecule has 1 unspecified atom stereocenters. The van der Waals surface area contributed by atoms with E-state index < -0.39 is 5.72 Å². The van der Waals surface area contributed by atoms with Gasteiger partial charge in [-0.15, -0.1) is 12.4 Å². The number of halogens is 1. The molecular formula is C22H48ClNO. The minimum absolute atomic E-state index is 0. The van der Waals surface area contributed by atoms with Crippen LogP contribution < -0.4 is 5.73 Å². The van der Waals surface area contributed by atoms with Gasteiger partial charge in [0.25, 0.3) is 0 Å². The van der Waals surface area contributed by atoms with E-state index in [-0.39, 0.29) is 18.3 Å². The van der Waals surface area contributed by atoms with Gasteiger partial charge in [-0.2, -0.15) is 0 Å². The Labute approximate surface area is 165 Å². The van der Waals surface area contributed by atoms with Gasteiger partial charge in [-0.1, -0.05) is 117 Å². The monoisotopic (exact) mass is 377 g/mol. The summed E-state index contributed by atoms with van der Waals surface area (Å²) in [5.74, 6) is 0.147. The summed E-state index contributed by atoms with van der Waals surface area (Å²) in [6.45, 7) is 6.27. The van der Waals surface area contributed by atoms with Gasteiger partial charge in [-0.25, -0.2) is 0 Å². The molecule has 0 rings (SSSR count). The summed E-state index contributed by atoms with van der Waals surface area (Å²) in [6, 6.07) is 0. The van der Waals surface area contributed by atoms with Gasteiger partial charge in [-0.3, -0.25) is 0 Å². The fourth-order valence-corrected chi connectivity index (χ4v) is 3.24. The molecule has 0 bridgehead atoms. The third-order valence-electron chi connectivity index (χ3n) is 5.43. The van der Waals surface area contributed by atoms with Crippen molar-refractivity contribution >= 4 is 12.4 Å². The Morgan fingerprint density at radius 2 is 0.920 bits per heavy atom. The maximum absolute atomic E-state index is 9.98. The average Bonchev–Trinajstić information content (AvgIpc) is 2.54. The van der Waals surface area contributed by atoms with Crippen LogP contribution in [0.4, 0.5) is 0 Å². The van der Waals surface area contributed by atoms with Crippen molar-refractivity contribution in [3.05, 3.63) is 0 Å². The second kappa shape index (κ2) is 19.0. The van der Waals surface area contributed by atoms with Crippen LogP contribution in [0.25, 0.3) is 0 Å². The predicted molar refractivity (Wildman–Crippen MR) is 115 cm³/mol. The molecule has 0 saturated heterocycles. The summed E-state index contributed by atoms with van der Waals surface area (Å²) < 4.78 is 0. The minimum Gasteiger partial charge on any atom is -0.376 e. The van der Waals surface area contributed by atoms with Crippen LogP contribution in [-0.4, -0.2) is 10.8 Å². The van der Waals surface area contributed by atoms with E-state index in [1.165, 1.54) is 96.3 Å². The lowest BCUT2D eigenvalue weighted by molar-refractivity contribution is -0.00917. The Morgan fingerprint density at radius 1 is 0.640 bits per heavy atom. The van der Waals surface area contributed by atoms with E-state index in [1.807, 2.05) is 13.8 Å². The van der Waals surface area contributed by atoms with Crippen molar-refractivity contribution in [2.75, 3.05) is 0 Å². The molecule has 0 fully saturated rings. The molecule has 0 aliphatic heterocycles. The normalized spacial score (nSPS) is 13.7. The van der Waals surface area contributed by atoms with Gasteiger partial charge >= 0.3 is 0 Å². The molecule has 3 heteroatoms. The topological polar surface area (TPSA) is 46.2 Å². The van der Waals surface area contributed by atoms with Gasteiger partial charge < -0.3 is 10.8 Å². The third-order valence-corrected chi connectivity index (χ3v) is 5.43. The van der Waals surface area contributed by atoms with E-state index in [2.05, 4.69) is 6.92 Å². The van der Waals surface area contributed by atoms with Crippen LogP contribution in [0, 0.1) is 5.92 Å². The number of aliphatic hydroxyl groups is 1. The van der Waals surface area contributed by atoms with Gasteiger partial charge in [0.1, 0.15) is 5.72 Å². The molecule has 3 N–H and O–H groups in total. The van der Waals surface area contributed by atoms with Crippen LogP contribution in [0.2, 0.25) is 0 Å². The van der Waals surface area contributed by atoms with Crippen LogP contribution >= 0.6 is 12.4 Å². The van der Waals surface area contributed by atoms with Gasteiger partial charge in [0.15, 0.2) is 0 Å². The minimum atomic E-state index is -0.962. The second-order valence-corrected chi connectivity index (χ2v) is 8.20. The van der Waals surface area contributed by atoms with Gasteiger partial charge in [0.2, 0.25) is 0 Å². The molecule has 0 aliphatic rings. The van der Waals surface area contributed by atoms with Gasteiger partial charge in [-0.05, 0) is 18.8 Å². The lowest BCUT2D eigenvalue weighted by Crippen LogP contribution is -2.44. The Balaban J connectivity index is 0. The quantitative estimate of drug-likeness (QED) is 0.193. The standard InChI is InChI=1S/C22H47NO.ClH/c1-4-5-6-7-8-9-10-11-12-13-14-15-16-17-18-19-20-22(23,24)21(2)3;/h21,24H,4-20,23H2,1-3H3;1H. The Morgan fingerprint density at radius 3 is 1.20 bits per heavy atom. The van der Waals surface area contributed by atoms with Crippen molar-refractivity contribution in [3.8, 4) is 0 Å². The highest BCUT2D eigenvalue weighted by atomic mass is 35.5. The van der Waals surface area contributed by atoms with Crippen LogP contribution in [-0.2, 0) is 0 Å². The summed E-state index contributed by atoms with van der Waals surface area (Å²) >= 11 is 0. The number of hydrogen-bond acceptors (Lipinski definition) is 2. The molecule has 0 saturated carbocycles. The zero-order valence-electron chi connectivity index (χ0n) is 17.5. The summed E-state index contributed by atoms with van der Waals surface area (Å²) in [6.07, 6.45) is 22.8. The molecule has 0 spiro atoms. The fraction of sp³-hybridized carbons (Fsp3) is 1.00. The first-order valence-corrected chi connectivity index (χ1v) is 11.0. The SMILES string of the molecule is CCCCCCCCCCCCCCCCCCC(N)(O)C(C)C.Cl. The molecular weight excluding hydrogens is 330 g/mol. The van der Waals surface area contributed by atoms with Gasteiger partial charge in [0.05, 0.1) is 0 Å². The number of rotatable bonds is 18. The Hall–Kier alpha value is 0.210. The van der Waals surface area contributed by atoms with Crippen molar-refractivity contribution in [2.45, 2.75) is 136 Å². The molecule has 0 aliphatic carbocycles. The zero-order valence-corrected chi connectivity index (χ0v) is 18.3. The van der Waals surface area contributed by atoms with Crippen molar-refractivity contribution < 1.29 is 5.11 Å². The Bertz CT molecular complexity index is 256. The van der Waals surface area contributed by atoms with Crippen LogP contribution in [0.1, 0.15) is 130 Å². The first-order chi connectivity index (χ1) is 11.5. The summed E-state index contributed by atoms with van der Waals surface area (Å²) in [7, 11) is 0. The molecule has 0 heterocycles. The maximum atomic E-state index is 9.98. The Kier molecular flexibility index (Phi) is 20.8. The lowest BCUT2D eigenvalue weighted by atomic mass is 9.94. The van der Waals surface area contributed by atoms with E-state index in [0.29, 0.717) is 0 Å². The van der Waals surface area contributed by atoms with Crippen molar-refractivity contribution in [2.24, 2.45) is 11.7 Å². The molecule has 0 amide bonds. The van der Waals surface area contributed by atoms with E-state index in [4.69, 9.17) is 5.73 Å². The zero-order chi connectivity index (χ0) is 18.1. The van der Waals surface area contributed by atoms with Crippen LogP contribution in [0.5, 0.6) is 0 Å². The highest BCUT2D eigenvalue weighted by molar-refractivity contribution is 5.85. The van der Waals surface area contributed by atoms with E-state index >= 15 is 0 Å². The van der Waals surface area contributed by atoms with Crippen molar-refractivity contribution in [1.29, 1.82) is 0 Å². The highest BCUT2D eigenvalue weighted by Crippen LogP contribution is 2.19. The predicted octanol–water partition coefficient (Wildman–Crippen LogP) is 7.36. The number of hydrogen-bond donors (Lipinski definition) is 2. The summed E-state index contributed by atoms with van der Waals surface area (Å²) in [5.41, 5.74) is 4.91. The fourth-order valence-electron chi connectivity index (χ4n) is 3.24. The molecule has 0 aromatic heterocycles. The molecule has 2 nitrogen and oxygen atoms in total. The number of unbranched alkanes of at least 4 members (excludes halogenated alkanes) is 15. The molecule has 0 aromatic rings. The largest absolute Gasteiger partial charge is 0.376 e. The summed E-state index contributed by atoms with van der Waals surface area (Å²) in [4.78, 5) is 0. The molecule has 25 heavy (non-hydrogen) atoms. The first kappa shape index (κ1) is 27.4. The maximum Gasteiger partial charge on any atom is 0.115 e. The first-order valence-electron chi connectivity index (χ1n) is 11.0. The number of nitrogens with two attached hydrogens (primary N) is 1. The van der Waals surface area contributed by atoms with Crippen molar-refractivity contribution in [1.82, 2.24) is 0 Å². The summed E-state index contributed by atoms with van der Waals surface area (Å²) in [5, 5.41) is 9.98. The lowest BCUT2D eigenvalue weighted by Gasteiger charge is -2.27. The molecule has 0 radical (unpaired) electrons. The van der Waals surface area contributed by atoms with E-state index in [1.54, 1.807) is 0 Å². The van der Waals surface area contributed by atoms with E-state index in [0.717, 1.165) is 12.8 Å². The smallest absolute Gasteiger partial charge is 0.115 e. The van der Waals surface area contributed by atoms with Crippen LogP contribution in [0.15, 0.2) is 0 Å². The van der Waals surface area contributed by atoms with Gasteiger partial charge in [0, 0.05) is 0 Å². The van der Waals surface area contributed by atoms with Crippen LogP contribution in [0.3, 0.4) is 0 Å². The van der Waals surface area contributed by atoms with E-state index in [9.17, 15) is 5.11 Å². The molecule has 1 atom stereocenters. The molecule has 154 valence electrons. The van der Waals surface area contributed by atoms with Crippen molar-refractivity contribution in [3.63, 3.8) is 0 Å². The second-order valence-electron chi connectivity index (χ2n) is 8.20. The average molecular weight is 378 g/mol. The molecule has 0 aromatic carbocycles. The third kappa shape index (κ3) is 18.8. The highest BCUT2D eigenvalue weighted by Gasteiger charge is 2.24.